The molecule has 17 heteroatoms. The lowest BCUT2D eigenvalue weighted by Crippen LogP contribution is -2.56. The Kier molecular flexibility index (Phi) is 10.3. The molecule has 1 aliphatic heterocycles. The average Bonchev–Trinajstić information content (AvgIpc) is 2.85. The second-order valence-electron chi connectivity index (χ2n) is 10.7. The maximum Gasteiger partial charge on any atom is 0.325 e. The zero-order valence-electron chi connectivity index (χ0n) is 22.9. The van der Waals surface area contributed by atoms with Crippen LogP contribution in [-0.4, -0.2) is 77.3 Å². The van der Waals surface area contributed by atoms with Crippen LogP contribution in [0.5, 0.6) is 5.75 Å². The molecule has 232 valence electrons. The number of aromatic nitrogens is 1. The number of rotatable bonds is 12. The Morgan fingerprint density at radius 1 is 1.07 bits per heavy atom. The summed E-state index contributed by atoms with van der Waals surface area (Å²) in [7, 11) is -8.71. The van der Waals surface area contributed by atoms with E-state index >= 15 is 0 Å². The van der Waals surface area contributed by atoms with Crippen LogP contribution in [-0.2, 0) is 22.2 Å². The van der Waals surface area contributed by atoms with E-state index < -0.39 is 85.6 Å². The second kappa shape index (κ2) is 12.8. The molecule has 0 radical (unpaired) electrons. The maximum absolute atomic E-state index is 14.0. The number of Topliss-reactive ketones (excluding diaryl/α,β-unsaturated/α-hetero) is 1. The van der Waals surface area contributed by atoms with Crippen LogP contribution in [0.2, 0.25) is 0 Å². The van der Waals surface area contributed by atoms with E-state index in [4.69, 9.17) is 0 Å². The summed E-state index contributed by atoms with van der Waals surface area (Å²) in [5.41, 5.74) is -3.39. The largest absolute Gasteiger partial charge is 0.503 e. The molecule has 0 saturated heterocycles. The summed E-state index contributed by atoms with van der Waals surface area (Å²) >= 11 is 0. The molecule has 3 rings (SSSR count). The number of hydrogen-bond acceptors (Lipinski definition) is 7. The number of benzene rings is 1. The number of ketones is 1. The number of carbonyl (C=O) groups excluding carboxylic acids is 2. The van der Waals surface area contributed by atoms with E-state index in [9.17, 15) is 57.0 Å². The van der Waals surface area contributed by atoms with Gasteiger partial charge in [0.2, 0.25) is 5.43 Å². The molecule has 0 aliphatic carbocycles. The highest BCUT2D eigenvalue weighted by atomic mass is 31.2. The molecule has 0 saturated carbocycles. The van der Waals surface area contributed by atoms with Crippen molar-refractivity contribution in [3.05, 3.63) is 63.1 Å². The Hall–Kier alpha value is -2.77. The first-order valence-corrected chi connectivity index (χ1v) is 16.5. The van der Waals surface area contributed by atoms with Gasteiger partial charge in [0.25, 0.3) is 5.91 Å². The average molecular weight is 635 g/mol. The predicted molar refractivity (Wildman–Crippen MR) is 146 cm³/mol. The van der Waals surface area contributed by atoms with Gasteiger partial charge in [0.05, 0.1) is 12.3 Å². The van der Waals surface area contributed by atoms with Crippen molar-refractivity contribution < 1.29 is 52.2 Å². The molecular weight excluding hydrogens is 602 g/mol. The van der Waals surface area contributed by atoms with Gasteiger partial charge in [0.15, 0.2) is 11.5 Å². The summed E-state index contributed by atoms with van der Waals surface area (Å²) in [6, 6.07) is 1.99. The summed E-state index contributed by atoms with van der Waals surface area (Å²) in [6.07, 6.45) is 0.128. The van der Waals surface area contributed by atoms with Gasteiger partial charge in [-0.05, 0) is 32.0 Å². The quantitative estimate of drug-likeness (QED) is 0.185. The van der Waals surface area contributed by atoms with Gasteiger partial charge in [-0.15, -0.1) is 0 Å². The van der Waals surface area contributed by atoms with Crippen molar-refractivity contribution in [1.29, 1.82) is 0 Å². The minimum absolute atomic E-state index is 0.00314. The van der Waals surface area contributed by atoms with Gasteiger partial charge in [-0.2, -0.15) is 0 Å². The summed E-state index contributed by atoms with van der Waals surface area (Å²) in [5, 5.41) is 13.0. The Balaban J connectivity index is 1.94. The van der Waals surface area contributed by atoms with Crippen molar-refractivity contribution >= 4 is 26.9 Å². The number of aromatic hydroxyl groups is 1. The predicted octanol–water partition coefficient (Wildman–Crippen LogP) is 1.79. The topological polar surface area (TPSA) is 207 Å². The molecule has 13 nitrogen and oxygen atoms in total. The Morgan fingerprint density at radius 2 is 1.64 bits per heavy atom. The second-order valence-corrected chi connectivity index (χ2v) is 14.3. The van der Waals surface area contributed by atoms with Crippen molar-refractivity contribution in [2.24, 2.45) is 5.41 Å². The minimum atomic E-state index is -4.35. The monoisotopic (exact) mass is 635 g/mol. The van der Waals surface area contributed by atoms with Crippen LogP contribution in [0.15, 0.2) is 29.2 Å². The van der Waals surface area contributed by atoms with E-state index in [0.29, 0.717) is 6.07 Å². The fourth-order valence-electron chi connectivity index (χ4n) is 4.96. The van der Waals surface area contributed by atoms with Crippen molar-refractivity contribution in [2.75, 3.05) is 25.4 Å². The van der Waals surface area contributed by atoms with Gasteiger partial charge in [-0.3, -0.25) is 28.4 Å². The molecule has 1 aromatic heterocycles. The Labute approximate surface area is 239 Å². The zero-order chi connectivity index (χ0) is 31.6. The number of nitrogens with zero attached hydrogens (tertiary/aromatic N) is 2. The van der Waals surface area contributed by atoms with Crippen molar-refractivity contribution in [3.63, 3.8) is 0 Å². The number of carbonyl (C=O) groups is 2. The SMILES string of the molecule is CC1(C)C(=O)c2c(O)c(=O)c(C(=O)NCc3ccc(F)cc3F)cn2CC1N(CCCP(=O)(O)O)CCCP(=O)(O)O. The number of pyridine rings is 1. The first kappa shape index (κ1) is 33.7. The Morgan fingerprint density at radius 3 is 2.17 bits per heavy atom. The molecule has 1 amide bonds. The molecule has 42 heavy (non-hydrogen) atoms. The Bertz CT molecular complexity index is 1490. The normalized spacial score (nSPS) is 16.9. The van der Waals surface area contributed by atoms with Crippen LogP contribution in [0.1, 0.15) is 53.1 Å². The molecule has 0 bridgehead atoms. The molecule has 2 heterocycles. The van der Waals surface area contributed by atoms with E-state index in [-0.39, 0.29) is 43.7 Å². The van der Waals surface area contributed by atoms with Crippen LogP contribution in [0, 0.1) is 17.0 Å². The standard InChI is InChI=1S/C25H33F2N3O10P2/c1-25(2)19(29(7-3-9-41(35,36)37)8-4-10-42(38,39)40)14-30-13-17(21(31)22(32)20(30)23(25)33)24(34)28-12-15-5-6-16(26)11-18(15)27/h5-6,11,13,19,32H,3-4,7-10,12,14H2,1-2H3,(H,28,34)(H2,35,36,37)(H2,38,39,40). The van der Waals surface area contributed by atoms with Gasteiger partial charge in [-0.1, -0.05) is 19.9 Å². The van der Waals surface area contributed by atoms with E-state index in [2.05, 4.69) is 5.32 Å². The number of hydrogen-bond donors (Lipinski definition) is 6. The molecule has 1 aromatic carbocycles. The highest BCUT2D eigenvalue weighted by molar-refractivity contribution is 7.52. The lowest BCUT2D eigenvalue weighted by atomic mass is 9.75. The fourth-order valence-corrected chi connectivity index (χ4v) is 6.06. The maximum atomic E-state index is 14.0. The van der Waals surface area contributed by atoms with E-state index in [1.807, 2.05) is 0 Å². The highest BCUT2D eigenvalue weighted by Gasteiger charge is 2.47. The van der Waals surface area contributed by atoms with E-state index in [1.54, 1.807) is 18.7 Å². The lowest BCUT2D eigenvalue weighted by molar-refractivity contribution is 0.0402. The molecule has 2 aromatic rings. The van der Waals surface area contributed by atoms with Crippen LogP contribution >= 0.6 is 15.2 Å². The molecule has 1 aliphatic rings. The van der Waals surface area contributed by atoms with Gasteiger partial charge in [0, 0.05) is 42.4 Å². The number of fused-ring (bicyclic) bond motifs is 1. The van der Waals surface area contributed by atoms with E-state index in [0.717, 1.165) is 18.3 Å². The molecule has 6 N–H and O–H groups in total. The molecular formula is C25H33F2N3O10P2. The van der Waals surface area contributed by atoms with Gasteiger partial charge in [0.1, 0.15) is 22.9 Å². The van der Waals surface area contributed by atoms with Gasteiger partial charge >= 0.3 is 15.2 Å². The van der Waals surface area contributed by atoms with Crippen LogP contribution in [0.3, 0.4) is 0 Å². The smallest absolute Gasteiger partial charge is 0.325 e. The van der Waals surface area contributed by atoms with Crippen molar-refractivity contribution in [1.82, 2.24) is 14.8 Å². The van der Waals surface area contributed by atoms with Gasteiger partial charge < -0.3 is 34.6 Å². The number of amides is 1. The van der Waals surface area contributed by atoms with Gasteiger partial charge in [-0.25, -0.2) is 8.78 Å². The molecule has 1 atom stereocenters. The third-order valence-electron chi connectivity index (χ3n) is 7.19. The number of nitrogens with one attached hydrogen (secondary N) is 1. The minimum Gasteiger partial charge on any atom is -0.503 e. The highest BCUT2D eigenvalue weighted by Crippen LogP contribution is 2.40. The lowest BCUT2D eigenvalue weighted by Gasteiger charge is -2.45. The first-order chi connectivity index (χ1) is 19.3. The molecule has 1 unspecified atom stereocenters. The molecule has 0 fully saturated rings. The first-order valence-electron chi connectivity index (χ1n) is 12.9. The zero-order valence-corrected chi connectivity index (χ0v) is 24.7. The summed E-state index contributed by atoms with van der Waals surface area (Å²) in [6.45, 7) is 2.70. The van der Waals surface area contributed by atoms with Crippen LogP contribution in [0.4, 0.5) is 8.78 Å². The van der Waals surface area contributed by atoms with E-state index in [1.165, 1.54) is 4.57 Å². The third-order valence-corrected chi connectivity index (χ3v) is 8.99. The van der Waals surface area contributed by atoms with Crippen molar-refractivity contribution in [2.45, 2.75) is 45.8 Å². The third kappa shape index (κ3) is 8.19. The van der Waals surface area contributed by atoms with Crippen LogP contribution in [0.25, 0.3) is 0 Å². The van der Waals surface area contributed by atoms with Crippen LogP contribution < -0.4 is 10.7 Å². The number of halogens is 2. The summed E-state index contributed by atoms with van der Waals surface area (Å²) in [5.74, 6) is -4.37. The van der Waals surface area contributed by atoms with Crippen molar-refractivity contribution in [3.8, 4) is 5.75 Å². The molecule has 0 spiro atoms. The summed E-state index contributed by atoms with van der Waals surface area (Å²) in [4.78, 5) is 78.1. The fraction of sp³-hybridized carbons (Fsp3) is 0.480. The summed E-state index contributed by atoms with van der Waals surface area (Å²) < 4.78 is 51.2.